The SMILES string of the molecule is CCCCCCCCCCCCCCCC(=O)N[C@@H]1C[C@H]1O. The first-order valence-electron chi connectivity index (χ1n) is 9.71. The number of aliphatic hydroxyl groups is 1. The van der Waals surface area contributed by atoms with Crippen LogP contribution in [-0.2, 0) is 4.79 Å². The number of rotatable bonds is 15. The number of hydrogen-bond donors (Lipinski definition) is 2. The lowest BCUT2D eigenvalue weighted by Gasteiger charge is -2.04. The third kappa shape index (κ3) is 11.1. The molecule has 1 rings (SSSR count). The van der Waals surface area contributed by atoms with Gasteiger partial charge in [-0.05, 0) is 12.8 Å². The summed E-state index contributed by atoms with van der Waals surface area (Å²) in [7, 11) is 0. The quantitative estimate of drug-likeness (QED) is 0.430. The molecule has 22 heavy (non-hydrogen) atoms. The molecule has 0 radical (unpaired) electrons. The van der Waals surface area contributed by atoms with E-state index < -0.39 is 0 Å². The van der Waals surface area contributed by atoms with Crippen LogP contribution in [0.3, 0.4) is 0 Å². The Bertz CT molecular complexity index is 281. The fourth-order valence-corrected chi connectivity index (χ4v) is 2.92. The molecular formula is C19H37NO2. The Balaban J connectivity index is 1.70. The molecule has 0 aliphatic heterocycles. The summed E-state index contributed by atoms with van der Waals surface area (Å²) < 4.78 is 0. The molecule has 0 saturated heterocycles. The van der Waals surface area contributed by atoms with E-state index in [0.717, 1.165) is 19.3 Å². The second-order valence-electron chi connectivity index (χ2n) is 6.97. The van der Waals surface area contributed by atoms with Gasteiger partial charge >= 0.3 is 0 Å². The number of carbonyl (C=O) groups excluding carboxylic acids is 1. The lowest BCUT2D eigenvalue weighted by molar-refractivity contribution is -0.121. The van der Waals surface area contributed by atoms with Crippen molar-refractivity contribution in [3.05, 3.63) is 0 Å². The van der Waals surface area contributed by atoms with Crippen LogP contribution in [0.15, 0.2) is 0 Å². The van der Waals surface area contributed by atoms with E-state index >= 15 is 0 Å². The van der Waals surface area contributed by atoms with Gasteiger partial charge in [-0.1, -0.05) is 84.0 Å². The first-order chi connectivity index (χ1) is 10.7. The van der Waals surface area contributed by atoms with Crippen LogP contribution in [0.5, 0.6) is 0 Å². The molecule has 130 valence electrons. The largest absolute Gasteiger partial charge is 0.391 e. The Kier molecular flexibility index (Phi) is 11.4. The molecule has 1 aliphatic rings. The molecular weight excluding hydrogens is 274 g/mol. The van der Waals surface area contributed by atoms with Gasteiger partial charge in [-0.25, -0.2) is 0 Å². The number of unbranched alkanes of at least 4 members (excludes halogenated alkanes) is 12. The van der Waals surface area contributed by atoms with Crippen LogP contribution in [0.25, 0.3) is 0 Å². The Morgan fingerprint density at radius 2 is 1.27 bits per heavy atom. The van der Waals surface area contributed by atoms with Crippen LogP contribution >= 0.6 is 0 Å². The average Bonchev–Trinajstić information content (AvgIpc) is 3.19. The van der Waals surface area contributed by atoms with Gasteiger partial charge in [0, 0.05) is 6.42 Å². The van der Waals surface area contributed by atoms with Gasteiger partial charge in [-0.2, -0.15) is 0 Å². The minimum absolute atomic E-state index is 0.0504. The van der Waals surface area contributed by atoms with E-state index in [9.17, 15) is 4.79 Å². The lowest BCUT2D eigenvalue weighted by atomic mass is 10.0. The summed E-state index contributed by atoms with van der Waals surface area (Å²) in [5.41, 5.74) is 0. The summed E-state index contributed by atoms with van der Waals surface area (Å²) in [6.07, 6.45) is 18.4. The molecule has 0 aromatic rings. The Hall–Kier alpha value is -0.570. The number of nitrogens with one attached hydrogen (secondary N) is 1. The van der Waals surface area contributed by atoms with Gasteiger partial charge in [0.15, 0.2) is 0 Å². The van der Waals surface area contributed by atoms with Gasteiger partial charge in [0.25, 0.3) is 0 Å². The van der Waals surface area contributed by atoms with Crippen molar-refractivity contribution < 1.29 is 9.90 Å². The smallest absolute Gasteiger partial charge is 0.220 e. The van der Waals surface area contributed by atoms with Crippen molar-refractivity contribution in [1.82, 2.24) is 5.32 Å². The van der Waals surface area contributed by atoms with Crippen molar-refractivity contribution in [3.63, 3.8) is 0 Å². The Labute approximate surface area is 137 Å². The first-order valence-corrected chi connectivity index (χ1v) is 9.71. The highest BCUT2D eigenvalue weighted by molar-refractivity contribution is 5.76. The van der Waals surface area contributed by atoms with E-state index in [1.54, 1.807) is 0 Å². The molecule has 0 unspecified atom stereocenters. The van der Waals surface area contributed by atoms with Crippen molar-refractivity contribution in [3.8, 4) is 0 Å². The highest BCUT2D eigenvalue weighted by atomic mass is 16.3. The molecule has 3 heteroatoms. The van der Waals surface area contributed by atoms with Crippen molar-refractivity contribution >= 4 is 5.91 Å². The summed E-state index contributed by atoms with van der Waals surface area (Å²) in [4.78, 5) is 11.5. The topological polar surface area (TPSA) is 49.3 Å². The maximum Gasteiger partial charge on any atom is 0.220 e. The zero-order valence-electron chi connectivity index (χ0n) is 14.6. The highest BCUT2D eigenvalue weighted by Gasteiger charge is 2.36. The highest BCUT2D eigenvalue weighted by Crippen LogP contribution is 2.20. The molecule has 0 spiro atoms. The van der Waals surface area contributed by atoms with Crippen LogP contribution in [-0.4, -0.2) is 23.2 Å². The van der Waals surface area contributed by atoms with Crippen molar-refractivity contribution in [2.45, 2.75) is 115 Å². The average molecular weight is 312 g/mol. The van der Waals surface area contributed by atoms with E-state index in [2.05, 4.69) is 12.2 Å². The van der Waals surface area contributed by atoms with Gasteiger partial charge in [-0.3, -0.25) is 4.79 Å². The van der Waals surface area contributed by atoms with E-state index in [0.29, 0.717) is 6.42 Å². The summed E-state index contributed by atoms with van der Waals surface area (Å²) in [5.74, 6) is 0.115. The number of carbonyl (C=O) groups is 1. The molecule has 2 atom stereocenters. The maximum absolute atomic E-state index is 11.5. The van der Waals surface area contributed by atoms with Crippen LogP contribution in [0, 0.1) is 0 Å². The van der Waals surface area contributed by atoms with Gasteiger partial charge in [0.05, 0.1) is 12.1 Å². The molecule has 1 amide bonds. The number of aliphatic hydroxyl groups excluding tert-OH is 1. The van der Waals surface area contributed by atoms with E-state index in [1.165, 1.54) is 70.6 Å². The number of amides is 1. The Morgan fingerprint density at radius 3 is 1.68 bits per heavy atom. The maximum atomic E-state index is 11.5. The second kappa shape index (κ2) is 12.9. The van der Waals surface area contributed by atoms with E-state index in [-0.39, 0.29) is 18.1 Å². The van der Waals surface area contributed by atoms with Crippen LogP contribution < -0.4 is 5.32 Å². The first kappa shape index (κ1) is 19.5. The van der Waals surface area contributed by atoms with Crippen LogP contribution in [0.4, 0.5) is 0 Å². The molecule has 1 aliphatic carbocycles. The Morgan fingerprint density at radius 1 is 0.864 bits per heavy atom. The summed E-state index contributed by atoms with van der Waals surface area (Å²) >= 11 is 0. The fourth-order valence-electron chi connectivity index (χ4n) is 2.92. The fraction of sp³-hybridized carbons (Fsp3) is 0.947. The van der Waals surface area contributed by atoms with Crippen molar-refractivity contribution in [2.75, 3.05) is 0 Å². The third-order valence-electron chi connectivity index (χ3n) is 4.61. The monoisotopic (exact) mass is 311 g/mol. The lowest BCUT2D eigenvalue weighted by Crippen LogP contribution is -2.27. The van der Waals surface area contributed by atoms with E-state index in [4.69, 9.17) is 5.11 Å². The minimum atomic E-state index is -0.282. The second-order valence-corrected chi connectivity index (χ2v) is 6.97. The van der Waals surface area contributed by atoms with Gasteiger partial charge < -0.3 is 10.4 Å². The molecule has 1 fully saturated rings. The number of hydrogen-bond acceptors (Lipinski definition) is 2. The predicted octanol–water partition coefficient (Wildman–Crippen LogP) is 4.72. The van der Waals surface area contributed by atoms with Crippen molar-refractivity contribution in [1.29, 1.82) is 0 Å². The molecule has 0 aromatic heterocycles. The minimum Gasteiger partial charge on any atom is -0.391 e. The summed E-state index contributed by atoms with van der Waals surface area (Å²) in [5, 5.41) is 12.0. The summed E-state index contributed by atoms with van der Waals surface area (Å²) in [6.45, 7) is 2.27. The molecule has 0 heterocycles. The van der Waals surface area contributed by atoms with Crippen LogP contribution in [0.2, 0.25) is 0 Å². The van der Waals surface area contributed by atoms with E-state index in [1.807, 2.05) is 0 Å². The summed E-state index contributed by atoms with van der Waals surface area (Å²) in [6, 6.07) is 0.0504. The third-order valence-corrected chi connectivity index (χ3v) is 4.61. The van der Waals surface area contributed by atoms with Gasteiger partial charge in [0.2, 0.25) is 5.91 Å². The molecule has 0 bridgehead atoms. The molecule has 2 N–H and O–H groups in total. The van der Waals surface area contributed by atoms with Crippen LogP contribution in [0.1, 0.15) is 103 Å². The molecule has 0 aromatic carbocycles. The molecule has 1 saturated carbocycles. The van der Waals surface area contributed by atoms with Crippen molar-refractivity contribution in [2.24, 2.45) is 0 Å². The van der Waals surface area contributed by atoms with Gasteiger partial charge in [-0.15, -0.1) is 0 Å². The van der Waals surface area contributed by atoms with Gasteiger partial charge in [0.1, 0.15) is 0 Å². The predicted molar refractivity (Wildman–Crippen MR) is 92.9 cm³/mol. The standard InChI is InChI=1S/C19H37NO2/c1-2-3-4-5-6-7-8-9-10-11-12-13-14-15-19(22)20-17-16-18(17)21/h17-18,21H,2-16H2,1H3,(H,20,22)/t17-,18-/m1/s1. The normalized spacial score (nSPS) is 20.1. The molecule has 3 nitrogen and oxygen atoms in total. The zero-order valence-corrected chi connectivity index (χ0v) is 14.6. The zero-order chi connectivity index (χ0) is 16.0.